The van der Waals surface area contributed by atoms with E-state index in [1.54, 1.807) is 12.1 Å². The molecule has 1 N–H and O–H groups in total. The van der Waals surface area contributed by atoms with Gasteiger partial charge in [-0.2, -0.15) is 0 Å². The quantitative estimate of drug-likeness (QED) is 0.771. The number of carbonyl (C=O) groups is 1. The Bertz CT molecular complexity index is 949. The molecule has 1 aromatic heterocycles. The van der Waals surface area contributed by atoms with Crippen LogP contribution in [0.15, 0.2) is 48.5 Å². The number of amides is 1. The standard InChI is InChI=1S/C21H20FN3O/c22-16-7-2-1-6-13(16)14-12-15(14)21(26)25-11-5-10-19(25)20-23-17-8-3-4-9-18(17)24-20/h1-4,6-9,14-15,19H,5,10-12H2,(H,23,24). The number of aromatic nitrogens is 2. The van der Waals surface area contributed by atoms with Crippen molar-refractivity contribution in [3.63, 3.8) is 0 Å². The number of para-hydroxylation sites is 2. The van der Waals surface area contributed by atoms with Crippen LogP contribution in [0.4, 0.5) is 4.39 Å². The molecule has 26 heavy (non-hydrogen) atoms. The van der Waals surface area contributed by atoms with E-state index in [4.69, 9.17) is 0 Å². The van der Waals surface area contributed by atoms with Crippen LogP contribution >= 0.6 is 0 Å². The highest BCUT2D eigenvalue weighted by Crippen LogP contribution is 2.50. The Hall–Kier alpha value is -2.69. The molecule has 1 amide bonds. The van der Waals surface area contributed by atoms with Crippen LogP contribution in [-0.2, 0) is 4.79 Å². The number of hydrogen-bond donors (Lipinski definition) is 1. The number of nitrogens with one attached hydrogen (secondary N) is 1. The molecule has 0 radical (unpaired) electrons. The maximum atomic E-state index is 14.0. The van der Waals surface area contributed by atoms with Crippen molar-refractivity contribution in [2.24, 2.45) is 5.92 Å². The highest BCUT2D eigenvalue weighted by atomic mass is 19.1. The fraction of sp³-hybridized carbons (Fsp3) is 0.333. The fourth-order valence-electron chi connectivity index (χ4n) is 4.25. The number of hydrogen-bond acceptors (Lipinski definition) is 2. The summed E-state index contributed by atoms with van der Waals surface area (Å²) in [4.78, 5) is 23.1. The normalized spacial score (nSPS) is 25.0. The number of rotatable bonds is 3. The van der Waals surface area contributed by atoms with Crippen molar-refractivity contribution < 1.29 is 9.18 Å². The summed E-state index contributed by atoms with van der Waals surface area (Å²) in [5.41, 5.74) is 2.60. The first-order valence-electron chi connectivity index (χ1n) is 9.22. The average molecular weight is 349 g/mol. The third-order valence-corrected chi connectivity index (χ3v) is 5.67. The second kappa shape index (κ2) is 5.94. The third kappa shape index (κ3) is 2.50. The Kier molecular flexibility index (Phi) is 3.55. The summed E-state index contributed by atoms with van der Waals surface area (Å²) in [5.74, 6) is 0.710. The van der Waals surface area contributed by atoms with Gasteiger partial charge in [0.05, 0.1) is 17.1 Å². The predicted molar refractivity (Wildman–Crippen MR) is 97.0 cm³/mol. The largest absolute Gasteiger partial charge is 0.340 e. The Morgan fingerprint density at radius 3 is 2.81 bits per heavy atom. The minimum Gasteiger partial charge on any atom is -0.340 e. The number of nitrogens with zero attached hydrogens (tertiary/aromatic N) is 2. The average Bonchev–Trinajstić information content (AvgIpc) is 3.10. The van der Waals surface area contributed by atoms with E-state index in [0.29, 0.717) is 5.56 Å². The number of imidazole rings is 1. The van der Waals surface area contributed by atoms with Gasteiger partial charge in [-0.25, -0.2) is 9.37 Å². The van der Waals surface area contributed by atoms with Gasteiger partial charge in [-0.3, -0.25) is 4.79 Å². The highest BCUT2D eigenvalue weighted by Gasteiger charge is 2.49. The molecule has 1 aliphatic heterocycles. The highest BCUT2D eigenvalue weighted by molar-refractivity contribution is 5.84. The summed E-state index contributed by atoms with van der Waals surface area (Å²) in [6.45, 7) is 0.751. The molecule has 132 valence electrons. The van der Waals surface area contributed by atoms with E-state index >= 15 is 0 Å². The molecule has 2 aromatic carbocycles. The van der Waals surface area contributed by atoms with E-state index in [1.165, 1.54) is 6.07 Å². The summed E-state index contributed by atoms with van der Waals surface area (Å²) in [6, 6.07) is 14.7. The van der Waals surface area contributed by atoms with Crippen molar-refractivity contribution in [3.8, 4) is 0 Å². The first-order chi connectivity index (χ1) is 12.7. The molecule has 5 rings (SSSR count). The van der Waals surface area contributed by atoms with Crippen molar-refractivity contribution >= 4 is 16.9 Å². The molecule has 5 heteroatoms. The minimum absolute atomic E-state index is 0.00299. The van der Waals surface area contributed by atoms with Crippen LogP contribution in [-0.4, -0.2) is 27.3 Å². The number of carbonyl (C=O) groups excluding carboxylic acids is 1. The number of fused-ring (bicyclic) bond motifs is 1. The van der Waals surface area contributed by atoms with Gasteiger partial charge < -0.3 is 9.88 Å². The van der Waals surface area contributed by atoms with Crippen molar-refractivity contribution in [2.45, 2.75) is 31.2 Å². The van der Waals surface area contributed by atoms with Crippen LogP contribution in [0, 0.1) is 11.7 Å². The van der Waals surface area contributed by atoms with Gasteiger partial charge in [0.15, 0.2) is 0 Å². The van der Waals surface area contributed by atoms with Crippen molar-refractivity contribution in [1.82, 2.24) is 14.9 Å². The molecular formula is C21H20FN3O. The third-order valence-electron chi connectivity index (χ3n) is 5.67. The van der Waals surface area contributed by atoms with E-state index < -0.39 is 0 Å². The second-order valence-corrected chi connectivity index (χ2v) is 7.30. The van der Waals surface area contributed by atoms with Gasteiger partial charge in [-0.05, 0) is 48.9 Å². The number of halogens is 1. The Morgan fingerprint density at radius 1 is 1.15 bits per heavy atom. The Labute approximate surface area is 151 Å². The molecule has 3 unspecified atom stereocenters. The molecule has 1 saturated heterocycles. The lowest BCUT2D eigenvalue weighted by Gasteiger charge is -2.23. The lowest BCUT2D eigenvalue weighted by molar-refractivity contribution is -0.133. The molecule has 0 bridgehead atoms. The number of aromatic amines is 1. The van der Waals surface area contributed by atoms with Gasteiger partial charge in [0.25, 0.3) is 0 Å². The van der Waals surface area contributed by atoms with Gasteiger partial charge in [0, 0.05) is 12.5 Å². The Morgan fingerprint density at radius 2 is 1.96 bits per heavy atom. The first kappa shape index (κ1) is 15.6. The number of H-pyrrole nitrogens is 1. The molecule has 1 aliphatic carbocycles. The number of likely N-dealkylation sites (tertiary alicyclic amines) is 1. The molecule has 2 aliphatic rings. The molecule has 3 atom stereocenters. The molecule has 1 saturated carbocycles. The zero-order valence-electron chi connectivity index (χ0n) is 14.4. The molecule has 2 fully saturated rings. The summed E-state index contributed by atoms with van der Waals surface area (Å²) in [7, 11) is 0. The van der Waals surface area contributed by atoms with Gasteiger partial charge in [-0.15, -0.1) is 0 Å². The second-order valence-electron chi connectivity index (χ2n) is 7.30. The molecule has 3 aromatic rings. The zero-order chi connectivity index (χ0) is 17.7. The van der Waals surface area contributed by atoms with Crippen LogP contribution < -0.4 is 0 Å². The minimum atomic E-state index is -0.206. The molecule has 0 spiro atoms. The Balaban J connectivity index is 1.38. The maximum Gasteiger partial charge on any atom is 0.226 e. The van der Waals surface area contributed by atoms with Gasteiger partial charge in [-0.1, -0.05) is 30.3 Å². The molecule has 4 nitrogen and oxygen atoms in total. The van der Waals surface area contributed by atoms with Crippen LogP contribution in [0.5, 0.6) is 0 Å². The van der Waals surface area contributed by atoms with Crippen molar-refractivity contribution in [2.75, 3.05) is 6.54 Å². The van der Waals surface area contributed by atoms with E-state index in [0.717, 1.165) is 42.7 Å². The molecule has 2 heterocycles. The summed E-state index contributed by atoms with van der Waals surface area (Å²) >= 11 is 0. The SMILES string of the molecule is O=C(C1CC1c1ccccc1F)N1CCCC1c1nc2ccccc2[nH]1. The maximum absolute atomic E-state index is 14.0. The lowest BCUT2D eigenvalue weighted by Crippen LogP contribution is -2.32. The van der Waals surface area contributed by atoms with Gasteiger partial charge in [0.2, 0.25) is 5.91 Å². The summed E-state index contributed by atoms with van der Waals surface area (Å²) in [6.07, 6.45) is 2.64. The van der Waals surface area contributed by atoms with Gasteiger partial charge >= 0.3 is 0 Å². The zero-order valence-corrected chi connectivity index (χ0v) is 14.4. The van der Waals surface area contributed by atoms with Crippen LogP contribution in [0.3, 0.4) is 0 Å². The van der Waals surface area contributed by atoms with Crippen LogP contribution in [0.25, 0.3) is 11.0 Å². The predicted octanol–water partition coefficient (Wildman–Crippen LogP) is 4.17. The van der Waals surface area contributed by atoms with Crippen LogP contribution in [0.2, 0.25) is 0 Å². The van der Waals surface area contributed by atoms with Crippen LogP contribution in [0.1, 0.15) is 42.6 Å². The fourth-order valence-corrected chi connectivity index (χ4v) is 4.25. The van der Waals surface area contributed by atoms with E-state index in [1.807, 2.05) is 35.2 Å². The van der Waals surface area contributed by atoms with Crippen molar-refractivity contribution in [3.05, 3.63) is 65.7 Å². The summed E-state index contributed by atoms with van der Waals surface area (Å²) < 4.78 is 14.0. The monoisotopic (exact) mass is 349 g/mol. The lowest BCUT2D eigenvalue weighted by atomic mass is 10.1. The first-order valence-corrected chi connectivity index (χ1v) is 9.22. The van der Waals surface area contributed by atoms with E-state index in [2.05, 4.69) is 9.97 Å². The molecular weight excluding hydrogens is 329 g/mol. The smallest absolute Gasteiger partial charge is 0.226 e. The van der Waals surface area contributed by atoms with E-state index in [-0.39, 0.29) is 29.6 Å². The summed E-state index contributed by atoms with van der Waals surface area (Å²) in [5, 5.41) is 0. The van der Waals surface area contributed by atoms with Crippen molar-refractivity contribution in [1.29, 1.82) is 0 Å². The number of benzene rings is 2. The van der Waals surface area contributed by atoms with Gasteiger partial charge in [0.1, 0.15) is 11.6 Å². The topological polar surface area (TPSA) is 49.0 Å². The van der Waals surface area contributed by atoms with E-state index in [9.17, 15) is 9.18 Å².